The van der Waals surface area contributed by atoms with Crippen LogP contribution in [-0.2, 0) is 15.3 Å². The number of allylic oxidation sites excluding steroid dienone is 1. The van der Waals surface area contributed by atoms with Crippen molar-refractivity contribution >= 4 is 46.0 Å². The fraction of sp³-hybridized carbons (Fsp3) is 0.188. The minimum absolute atomic E-state index is 0.0533. The summed E-state index contributed by atoms with van der Waals surface area (Å²) in [6.45, 7) is 4.34. The minimum Gasteiger partial charge on any atom is -0.503 e. The van der Waals surface area contributed by atoms with Crippen LogP contribution in [-0.4, -0.2) is 40.7 Å². The lowest BCUT2D eigenvalue weighted by atomic mass is 9.95. The molecule has 2 heterocycles. The van der Waals surface area contributed by atoms with Gasteiger partial charge in [0.1, 0.15) is 0 Å². The highest BCUT2D eigenvalue weighted by molar-refractivity contribution is 8.00. The third-order valence-corrected chi connectivity index (χ3v) is 8.72. The first-order valence-electron chi connectivity index (χ1n) is 13.3. The largest absolute Gasteiger partial charge is 0.503 e. The third kappa shape index (κ3) is 6.24. The Bertz CT molecular complexity index is 1650. The molecule has 0 saturated carbocycles. The lowest BCUT2D eigenvalue weighted by Crippen LogP contribution is -2.30. The van der Waals surface area contributed by atoms with Gasteiger partial charge in [0, 0.05) is 5.75 Å². The summed E-state index contributed by atoms with van der Waals surface area (Å²) in [6, 6.07) is 21.8. The summed E-state index contributed by atoms with van der Waals surface area (Å²) in [5.41, 5.74) is 3.63. The summed E-state index contributed by atoms with van der Waals surface area (Å²) >= 11 is 2.73. The Balaban J connectivity index is 1.50. The standard InChI is InChI=1S/C32H29N3O5S2/c1-4-40-25-17-15-23(18-26(25)39-3)28-27(24(36)16-14-21-8-6-5-7-9-21)29(37)30(38)35(28)31-33-34-32(42-31)41-19-22-12-10-20(2)11-13-22/h5-18,28,37H,4,19H2,1-3H3. The Kier molecular flexibility index (Phi) is 9.04. The predicted molar refractivity (Wildman–Crippen MR) is 165 cm³/mol. The van der Waals surface area contributed by atoms with E-state index in [0.717, 1.165) is 11.1 Å². The van der Waals surface area contributed by atoms with Crippen LogP contribution in [0.1, 0.15) is 35.2 Å². The van der Waals surface area contributed by atoms with Gasteiger partial charge in [0.25, 0.3) is 5.91 Å². The number of ketones is 1. The number of aryl methyl sites for hydroxylation is 1. The minimum atomic E-state index is -0.960. The fourth-order valence-corrected chi connectivity index (χ4v) is 6.34. The second kappa shape index (κ2) is 13.1. The first-order valence-corrected chi connectivity index (χ1v) is 15.1. The number of nitrogens with zero attached hydrogens (tertiary/aromatic N) is 3. The molecule has 1 aromatic heterocycles. The number of thioether (sulfide) groups is 1. The van der Waals surface area contributed by atoms with E-state index >= 15 is 0 Å². The summed E-state index contributed by atoms with van der Waals surface area (Å²) in [4.78, 5) is 28.4. The van der Waals surface area contributed by atoms with Crippen LogP contribution in [0.4, 0.5) is 5.13 Å². The number of aliphatic hydroxyl groups is 1. The number of ether oxygens (including phenoxy) is 2. The SMILES string of the molecule is CCOc1ccc(C2C(C(=O)C=Cc3ccccc3)=C(O)C(=O)N2c2nnc(SCc3ccc(C)cc3)s2)cc1OC. The molecular weight excluding hydrogens is 571 g/mol. The zero-order chi connectivity index (χ0) is 29.6. The second-order valence-corrected chi connectivity index (χ2v) is 11.6. The van der Waals surface area contributed by atoms with Gasteiger partial charge < -0.3 is 14.6 Å². The van der Waals surface area contributed by atoms with E-state index in [1.165, 1.54) is 46.7 Å². The quantitative estimate of drug-likeness (QED) is 0.115. The lowest BCUT2D eigenvalue weighted by Gasteiger charge is -2.24. The molecule has 0 spiro atoms. The maximum Gasteiger partial charge on any atom is 0.296 e. The van der Waals surface area contributed by atoms with Crippen LogP contribution in [0.5, 0.6) is 11.5 Å². The van der Waals surface area contributed by atoms with Crippen LogP contribution < -0.4 is 14.4 Å². The molecule has 1 unspecified atom stereocenters. The predicted octanol–water partition coefficient (Wildman–Crippen LogP) is 6.73. The molecule has 0 radical (unpaired) electrons. The lowest BCUT2D eigenvalue weighted by molar-refractivity contribution is -0.117. The number of benzene rings is 3. The van der Waals surface area contributed by atoms with Crippen molar-refractivity contribution in [3.05, 3.63) is 112 Å². The molecule has 0 aliphatic carbocycles. The Morgan fingerprint density at radius 2 is 1.83 bits per heavy atom. The third-order valence-electron chi connectivity index (χ3n) is 6.59. The van der Waals surface area contributed by atoms with E-state index in [1.54, 1.807) is 24.3 Å². The van der Waals surface area contributed by atoms with Crippen molar-refractivity contribution in [3.63, 3.8) is 0 Å². The number of hydrogen-bond acceptors (Lipinski definition) is 9. The highest BCUT2D eigenvalue weighted by Gasteiger charge is 2.45. The molecule has 4 aromatic rings. The number of aromatic nitrogens is 2. The van der Waals surface area contributed by atoms with E-state index in [0.29, 0.717) is 33.8 Å². The maximum atomic E-state index is 13.6. The molecule has 1 aliphatic heterocycles. The van der Waals surface area contributed by atoms with Gasteiger partial charge in [-0.15, -0.1) is 10.2 Å². The van der Waals surface area contributed by atoms with Gasteiger partial charge in [-0.1, -0.05) is 95.4 Å². The van der Waals surface area contributed by atoms with E-state index in [2.05, 4.69) is 34.5 Å². The Morgan fingerprint density at radius 1 is 1.07 bits per heavy atom. The molecule has 0 bridgehead atoms. The molecule has 1 atom stereocenters. The second-order valence-electron chi connectivity index (χ2n) is 9.42. The van der Waals surface area contributed by atoms with E-state index in [9.17, 15) is 14.7 Å². The summed E-state index contributed by atoms with van der Waals surface area (Å²) in [5, 5.41) is 19.9. The molecular formula is C32H29N3O5S2. The van der Waals surface area contributed by atoms with Gasteiger partial charge in [0.2, 0.25) is 5.13 Å². The highest BCUT2D eigenvalue weighted by Crippen LogP contribution is 2.45. The number of hydrogen-bond donors (Lipinski definition) is 1. The van der Waals surface area contributed by atoms with Gasteiger partial charge >= 0.3 is 0 Å². The van der Waals surface area contributed by atoms with Crippen molar-refractivity contribution in [3.8, 4) is 11.5 Å². The van der Waals surface area contributed by atoms with E-state index in [1.807, 2.05) is 44.2 Å². The molecule has 42 heavy (non-hydrogen) atoms. The number of carbonyl (C=O) groups excluding carboxylic acids is 2. The number of amides is 1. The Morgan fingerprint density at radius 3 is 2.55 bits per heavy atom. The van der Waals surface area contributed by atoms with Crippen molar-refractivity contribution in [2.45, 2.75) is 30.0 Å². The van der Waals surface area contributed by atoms with Crippen LogP contribution in [0.25, 0.3) is 6.08 Å². The van der Waals surface area contributed by atoms with Crippen LogP contribution >= 0.6 is 23.1 Å². The van der Waals surface area contributed by atoms with Crippen LogP contribution in [0, 0.1) is 6.92 Å². The number of rotatable bonds is 11. The molecule has 1 aliphatic rings. The monoisotopic (exact) mass is 599 g/mol. The number of carbonyl (C=O) groups is 2. The van der Waals surface area contributed by atoms with Gasteiger partial charge in [0.05, 0.1) is 25.3 Å². The first kappa shape index (κ1) is 29.1. The molecule has 10 heteroatoms. The number of aliphatic hydroxyl groups excluding tert-OH is 1. The molecule has 8 nitrogen and oxygen atoms in total. The average Bonchev–Trinajstić information content (AvgIpc) is 3.58. The summed E-state index contributed by atoms with van der Waals surface area (Å²) < 4.78 is 11.9. The fourth-order valence-electron chi connectivity index (χ4n) is 4.51. The van der Waals surface area contributed by atoms with Gasteiger partial charge in [-0.2, -0.15) is 0 Å². The number of anilines is 1. The van der Waals surface area contributed by atoms with E-state index < -0.39 is 23.5 Å². The Labute approximate surface area is 252 Å². The van der Waals surface area contributed by atoms with Crippen molar-refractivity contribution in [2.24, 2.45) is 0 Å². The van der Waals surface area contributed by atoms with Gasteiger partial charge in [-0.05, 0) is 48.7 Å². The van der Waals surface area contributed by atoms with Gasteiger partial charge in [0.15, 0.2) is 27.4 Å². The van der Waals surface area contributed by atoms with Crippen molar-refractivity contribution in [1.82, 2.24) is 10.2 Å². The maximum absolute atomic E-state index is 13.6. The summed E-state index contributed by atoms with van der Waals surface area (Å²) in [5.74, 6) is -0.208. The number of methoxy groups -OCH3 is 1. The van der Waals surface area contributed by atoms with Crippen molar-refractivity contribution in [1.29, 1.82) is 0 Å². The highest BCUT2D eigenvalue weighted by atomic mass is 32.2. The molecule has 0 saturated heterocycles. The molecule has 1 N–H and O–H groups in total. The van der Waals surface area contributed by atoms with E-state index in [-0.39, 0.29) is 10.7 Å². The van der Waals surface area contributed by atoms with E-state index in [4.69, 9.17) is 9.47 Å². The van der Waals surface area contributed by atoms with Gasteiger partial charge in [-0.3, -0.25) is 14.5 Å². The molecule has 1 amide bonds. The van der Waals surface area contributed by atoms with Crippen LogP contribution in [0.2, 0.25) is 0 Å². The molecule has 0 fully saturated rings. The summed E-state index contributed by atoms with van der Waals surface area (Å²) in [7, 11) is 1.52. The first-order chi connectivity index (χ1) is 20.4. The smallest absolute Gasteiger partial charge is 0.296 e. The zero-order valence-corrected chi connectivity index (χ0v) is 24.9. The molecule has 214 valence electrons. The zero-order valence-electron chi connectivity index (χ0n) is 23.3. The van der Waals surface area contributed by atoms with Crippen LogP contribution in [0.15, 0.2) is 94.5 Å². The Hall–Kier alpha value is -4.41. The normalized spacial score (nSPS) is 15.1. The van der Waals surface area contributed by atoms with Crippen molar-refractivity contribution < 1.29 is 24.2 Å². The topological polar surface area (TPSA) is 102 Å². The van der Waals surface area contributed by atoms with Crippen molar-refractivity contribution in [2.75, 3.05) is 18.6 Å². The van der Waals surface area contributed by atoms with Gasteiger partial charge in [-0.25, -0.2) is 0 Å². The summed E-state index contributed by atoms with van der Waals surface area (Å²) in [6.07, 6.45) is 3.01. The molecule has 3 aromatic carbocycles. The van der Waals surface area contributed by atoms with Crippen LogP contribution in [0.3, 0.4) is 0 Å². The molecule has 5 rings (SSSR count). The average molecular weight is 600 g/mol.